The van der Waals surface area contributed by atoms with Crippen molar-refractivity contribution in [1.29, 1.82) is 0 Å². The lowest BCUT2D eigenvalue weighted by Crippen LogP contribution is -2.39. The molecule has 0 spiro atoms. The lowest BCUT2D eigenvalue weighted by atomic mass is 9.92. The molecule has 2 heterocycles. The van der Waals surface area contributed by atoms with Crippen LogP contribution in [0.1, 0.15) is 19.8 Å². The highest BCUT2D eigenvalue weighted by molar-refractivity contribution is 5.24. The summed E-state index contributed by atoms with van der Waals surface area (Å²) in [7, 11) is 0. The maximum Gasteiger partial charge on any atom is 0.285 e. The van der Waals surface area contributed by atoms with Gasteiger partial charge in [-0.1, -0.05) is 0 Å². The molecule has 1 unspecified atom stereocenters. The first kappa shape index (κ1) is 15.7. The van der Waals surface area contributed by atoms with E-state index in [2.05, 4.69) is 4.90 Å². The van der Waals surface area contributed by atoms with E-state index in [1.54, 1.807) is 0 Å². The van der Waals surface area contributed by atoms with Crippen molar-refractivity contribution >= 4 is 5.69 Å². The Kier molecular flexibility index (Phi) is 5.08. The van der Waals surface area contributed by atoms with Crippen LogP contribution in [0.4, 0.5) is 5.69 Å². The molecule has 1 aliphatic rings. The van der Waals surface area contributed by atoms with Crippen LogP contribution in [0.15, 0.2) is 23.1 Å². The molecule has 1 atom stereocenters. The summed E-state index contributed by atoms with van der Waals surface area (Å²) in [5.41, 5.74) is -0.290. The van der Waals surface area contributed by atoms with E-state index in [4.69, 9.17) is 0 Å². The Morgan fingerprint density at radius 3 is 2.62 bits per heavy atom. The van der Waals surface area contributed by atoms with Gasteiger partial charge in [-0.3, -0.25) is 14.9 Å². The van der Waals surface area contributed by atoms with Gasteiger partial charge in [-0.2, -0.15) is 0 Å². The zero-order chi connectivity index (χ0) is 15.4. The fourth-order valence-corrected chi connectivity index (χ4v) is 2.71. The van der Waals surface area contributed by atoms with E-state index >= 15 is 0 Å². The molecule has 2 rings (SSSR count). The van der Waals surface area contributed by atoms with Crippen LogP contribution in [-0.4, -0.2) is 45.2 Å². The summed E-state index contributed by atoms with van der Waals surface area (Å²) < 4.78 is 1.39. The van der Waals surface area contributed by atoms with Gasteiger partial charge in [0.05, 0.1) is 17.2 Å². The second-order valence-corrected chi connectivity index (χ2v) is 5.60. The number of piperidine rings is 1. The quantitative estimate of drug-likeness (QED) is 0.642. The molecule has 0 saturated carbocycles. The Bertz CT molecular complexity index is 547. The maximum atomic E-state index is 11.7. The Morgan fingerprint density at radius 1 is 1.38 bits per heavy atom. The molecule has 1 saturated heterocycles. The molecule has 1 N–H and O–H groups in total. The molecule has 0 aromatic carbocycles. The van der Waals surface area contributed by atoms with Gasteiger partial charge in [-0.05, 0) is 38.8 Å². The van der Waals surface area contributed by atoms with Crippen LogP contribution >= 0.6 is 0 Å². The van der Waals surface area contributed by atoms with Crippen LogP contribution in [0.3, 0.4) is 0 Å². The third-order valence-corrected chi connectivity index (χ3v) is 4.15. The summed E-state index contributed by atoms with van der Waals surface area (Å²) in [6, 6.07) is 2.46. The fraction of sp³-hybridized carbons (Fsp3) is 0.643. The van der Waals surface area contributed by atoms with Crippen molar-refractivity contribution in [1.82, 2.24) is 9.47 Å². The normalized spacial score (nSPS) is 18.6. The second kappa shape index (κ2) is 6.82. The van der Waals surface area contributed by atoms with Crippen molar-refractivity contribution < 1.29 is 10.0 Å². The molecular formula is C14H21N3O4. The van der Waals surface area contributed by atoms with Crippen LogP contribution in [0.2, 0.25) is 0 Å². The Balaban J connectivity index is 1.91. The third kappa shape index (κ3) is 4.12. The number of hydrogen-bond acceptors (Lipinski definition) is 5. The molecule has 0 amide bonds. The smallest absolute Gasteiger partial charge is 0.285 e. The minimum atomic E-state index is -0.496. The molecule has 7 nitrogen and oxygen atoms in total. The Hall–Kier alpha value is -1.73. The number of rotatable bonds is 5. The topological polar surface area (TPSA) is 88.6 Å². The van der Waals surface area contributed by atoms with E-state index in [-0.39, 0.29) is 17.4 Å². The SMILES string of the molecule is CC(O)C1CCN(CCn2cc([N+](=O)[O-])ccc2=O)CC1. The van der Waals surface area contributed by atoms with Crippen molar-refractivity contribution in [3.8, 4) is 0 Å². The van der Waals surface area contributed by atoms with Crippen LogP contribution in [0, 0.1) is 16.0 Å². The van der Waals surface area contributed by atoms with E-state index in [1.807, 2.05) is 6.92 Å². The zero-order valence-electron chi connectivity index (χ0n) is 12.1. The molecule has 1 aliphatic heterocycles. The largest absolute Gasteiger partial charge is 0.393 e. The highest BCUT2D eigenvalue weighted by Crippen LogP contribution is 2.20. The molecule has 7 heteroatoms. The predicted octanol–water partition coefficient (Wildman–Crippen LogP) is 0.849. The molecule has 0 radical (unpaired) electrons. The lowest BCUT2D eigenvalue weighted by molar-refractivity contribution is -0.385. The first-order chi connectivity index (χ1) is 9.97. The molecule has 1 aromatic heterocycles. The number of likely N-dealkylation sites (tertiary alicyclic amines) is 1. The molecular weight excluding hydrogens is 274 g/mol. The van der Waals surface area contributed by atoms with Crippen LogP contribution in [-0.2, 0) is 6.54 Å². The van der Waals surface area contributed by atoms with Crippen molar-refractivity contribution in [3.05, 3.63) is 38.8 Å². The van der Waals surface area contributed by atoms with E-state index in [0.717, 1.165) is 25.9 Å². The lowest BCUT2D eigenvalue weighted by Gasteiger charge is -2.33. The number of nitro groups is 1. The summed E-state index contributed by atoms with van der Waals surface area (Å²) in [6.07, 6.45) is 2.92. The van der Waals surface area contributed by atoms with Crippen molar-refractivity contribution in [2.24, 2.45) is 5.92 Å². The fourth-order valence-electron chi connectivity index (χ4n) is 2.71. The maximum absolute atomic E-state index is 11.7. The minimum Gasteiger partial charge on any atom is -0.393 e. The van der Waals surface area contributed by atoms with E-state index in [1.165, 1.54) is 22.9 Å². The molecule has 1 aromatic rings. The number of hydrogen-bond donors (Lipinski definition) is 1. The van der Waals surface area contributed by atoms with Crippen LogP contribution in [0.5, 0.6) is 0 Å². The van der Waals surface area contributed by atoms with Gasteiger partial charge in [0.2, 0.25) is 0 Å². The van der Waals surface area contributed by atoms with E-state index < -0.39 is 4.92 Å². The van der Waals surface area contributed by atoms with Crippen molar-refractivity contribution in [2.45, 2.75) is 32.4 Å². The number of pyridine rings is 1. The van der Waals surface area contributed by atoms with Gasteiger partial charge >= 0.3 is 0 Å². The number of aliphatic hydroxyl groups is 1. The number of aliphatic hydroxyl groups excluding tert-OH is 1. The molecule has 1 fully saturated rings. The summed E-state index contributed by atoms with van der Waals surface area (Å²) in [6.45, 7) is 4.73. The zero-order valence-corrected chi connectivity index (χ0v) is 12.1. The molecule has 21 heavy (non-hydrogen) atoms. The summed E-state index contributed by atoms with van der Waals surface area (Å²) in [5.74, 6) is 0.349. The van der Waals surface area contributed by atoms with E-state index in [0.29, 0.717) is 19.0 Å². The van der Waals surface area contributed by atoms with Gasteiger partial charge in [0, 0.05) is 25.2 Å². The average Bonchev–Trinajstić information content (AvgIpc) is 2.46. The summed E-state index contributed by atoms with van der Waals surface area (Å²) in [5, 5.41) is 20.3. The predicted molar refractivity (Wildman–Crippen MR) is 78.2 cm³/mol. The van der Waals surface area contributed by atoms with Gasteiger partial charge in [-0.15, -0.1) is 0 Å². The van der Waals surface area contributed by atoms with Crippen molar-refractivity contribution in [2.75, 3.05) is 19.6 Å². The minimum absolute atomic E-state index is 0.0672. The van der Waals surface area contributed by atoms with Gasteiger partial charge in [0.15, 0.2) is 0 Å². The third-order valence-electron chi connectivity index (χ3n) is 4.15. The van der Waals surface area contributed by atoms with Gasteiger partial charge < -0.3 is 14.6 Å². The second-order valence-electron chi connectivity index (χ2n) is 5.60. The average molecular weight is 295 g/mol. The van der Waals surface area contributed by atoms with E-state index in [9.17, 15) is 20.0 Å². The molecule has 0 bridgehead atoms. The highest BCUT2D eigenvalue weighted by Gasteiger charge is 2.22. The molecule has 116 valence electrons. The first-order valence-electron chi connectivity index (χ1n) is 7.22. The van der Waals surface area contributed by atoms with Gasteiger partial charge in [0.25, 0.3) is 11.2 Å². The Labute approximate surface area is 123 Å². The summed E-state index contributed by atoms with van der Waals surface area (Å²) in [4.78, 5) is 24.2. The molecule has 0 aliphatic carbocycles. The van der Waals surface area contributed by atoms with Crippen molar-refractivity contribution in [3.63, 3.8) is 0 Å². The van der Waals surface area contributed by atoms with Crippen LogP contribution < -0.4 is 5.56 Å². The standard InChI is InChI=1S/C14H21N3O4/c1-11(18)12-4-6-15(7-5-12)8-9-16-10-13(17(20)21)2-3-14(16)19/h2-3,10-12,18H,4-9H2,1H3. The number of nitrogens with zero attached hydrogens (tertiary/aromatic N) is 3. The highest BCUT2D eigenvalue weighted by atomic mass is 16.6. The number of aromatic nitrogens is 1. The first-order valence-corrected chi connectivity index (χ1v) is 7.22. The summed E-state index contributed by atoms with van der Waals surface area (Å²) >= 11 is 0. The van der Waals surface area contributed by atoms with Gasteiger partial charge in [-0.25, -0.2) is 0 Å². The Morgan fingerprint density at radius 2 is 2.05 bits per heavy atom. The van der Waals surface area contributed by atoms with Crippen LogP contribution in [0.25, 0.3) is 0 Å². The van der Waals surface area contributed by atoms with Gasteiger partial charge in [0.1, 0.15) is 0 Å². The monoisotopic (exact) mass is 295 g/mol.